The van der Waals surface area contributed by atoms with E-state index in [4.69, 9.17) is 11.1 Å². The molecule has 1 aromatic heterocycles. The van der Waals surface area contributed by atoms with E-state index in [0.29, 0.717) is 16.1 Å². The summed E-state index contributed by atoms with van der Waals surface area (Å²) in [6.07, 6.45) is 1.62. The fourth-order valence-corrected chi connectivity index (χ4v) is 1.45. The van der Waals surface area contributed by atoms with Gasteiger partial charge >= 0.3 is 0 Å². The van der Waals surface area contributed by atoms with Crippen LogP contribution in [-0.2, 0) is 0 Å². The first-order valence-electron chi connectivity index (χ1n) is 3.93. The summed E-state index contributed by atoms with van der Waals surface area (Å²) < 4.78 is 0. The van der Waals surface area contributed by atoms with Gasteiger partial charge in [-0.15, -0.1) is 0 Å². The first-order chi connectivity index (χ1) is 6.09. The molecule has 0 unspecified atom stereocenters. The van der Waals surface area contributed by atoms with Crippen molar-refractivity contribution < 1.29 is 0 Å². The number of amidine groups is 1. The van der Waals surface area contributed by atoms with E-state index < -0.39 is 0 Å². The van der Waals surface area contributed by atoms with Crippen molar-refractivity contribution in [3.63, 3.8) is 0 Å². The van der Waals surface area contributed by atoms with Gasteiger partial charge < -0.3 is 5.73 Å². The van der Waals surface area contributed by atoms with Crippen LogP contribution in [0.2, 0.25) is 0 Å². The van der Waals surface area contributed by atoms with E-state index in [1.807, 2.05) is 0 Å². The second-order valence-electron chi connectivity index (χ2n) is 2.80. The number of aromatic nitrogens is 2. The molecule has 1 rings (SSSR count). The highest BCUT2D eigenvalue weighted by Gasteiger charge is 2.03. The maximum Gasteiger partial charge on any atom is 0.188 e. The van der Waals surface area contributed by atoms with Crippen molar-refractivity contribution in [2.24, 2.45) is 5.73 Å². The first kappa shape index (κ1) is 9.98. The van der Waals surface area contributed by atoms with Crippen molar-refractivity contribution in [1.82, 2.24) is 9.97 Å². The van der Waals surface area contributed by atoms with Gasteiger partial charge in [-0.1, -0.05) is 25.6 Å². The fraction of sp³-hybridized carbons (Fsp3) is 0.375. The number of nitrogen functional groups attached to an aromatic ring is 1. The smallest absolute Gasteiger partial charge is 0.188 e. The molecule has 0 bridgehead atoms. The molecule has 0 amide bonds. The number of hydrogen-bond donors (Lipinski definition) is 2. The van der Waals surface area contributed by atoms with Crippen molar-refractivity contribution in [2.75, 3.05) is 0 Å². The number of nitrogens with zero attached hydrogens (tertiary/aromatic N) is 2. The van der Waals surface area contributed by atoms with E-state index in [2.05, 4.69) is 23.8 Å². The van der Waals surface area contributed by atoms with E-state index in [-0.39, 0.29) is 5.84 Å². The van der Waals surface area contributed by atoms with E-state index >= 15 is 0 Å². The Labute approximate surface area is 81.5 Å². The highest BCUT2D eigenvalue weighted by molar-refractivity contribution is 7.99. The van der Waals surface area contributed by atoms with Gasteiger partial charge in [0.1, 0.15) is 11.5 Å². The number of nitrogens with two attached hydrogens (primary N) is 1. The topological polar surface area (TPSA) is 75.7 Å². The number of rotatable bonds is 3. The fourth-order valence-electron chi connectivity index (χ4n) is 0.758. The first-order valence-corrected chi connectivity index (χ1v) is 4.81. The van der Waals surface area contributed by atoms with Gasteiger partial charge in [0.25, 0.3) is 0 Å². The van der Waals surface area contributed by atoms with Gasteiger partial charge in [0, 0.05) is 11.4 Å². The summed E-state index contributed by atoms with van der Waals surface area (Å²) in [4.78, 5) is 8.18. The minimum absolute atomic E-state index is 0.0204. The zero-order chi connectivity index (χ0) is 9.84. The molecule has 0 spiro atoms. The van der Waals surface area contributed by atoms with Crippen LogP contribution in [0, 0.1) is 5.41 Å². The van der Waals surface area contributed by atoms with Crippen molar-refractivity contribution in [1.29, 1.82) is 5.41 Å². The molecular weight excluding hydrogens is 184 g/mol. The van der Waals surface area contributed by atoms with Crippen molar-refractivity contribution in [3.05, 3.63) is 18.0 Å². The quantitative estimate of drug-likeness (QED) is 0.330. The van der Waals surface area contributed by atoms with Crippen LogP contribution in [0.15, 0.2) is 17.4 Å². The van der Waals surface area contributed by atoms with Crippen molar-refractivity contribution in [3.8, 4) is 0 Å². The Morgan fingerprint density at radius 3 is 2.85 bits per heavy atom. The molecule has 4 nitrogen and oxygen atoms in total. The van der Waals surface area contributed by atoms with Gasteiger partial charge in [-0.05, 0) is 6.07 Å². The molecule has 0 aliphatic heterocycles. The highest BCUT2D eigenvalue weighted by Crippen LogP contribution is 2.17. The third-order valence-electron chi connectivity index (χ3n) is 1.25. The van der Waals surface area contributed by atoms with Crippen molar-refractivity contribution >= 4 is 17.6 Å². The zero-order valence-electron chi connectivity index (χ0n) is 7.61. The Morgan fingerprint density at radius 2 is 2.31 bits per heavy atom. The van der Waals surface area contributed by atoms with E-state index in [1.165, 1.54) is 0 Å². The Hall–Kier alpha value is -1.10. The summed E-state index contributed by atoms with van der Waals surface area (Å²) >= 11 is 1.56. The Kier molecular flexibility index (Phi) is 3.25. The average Bonchev–Trinajstić information content (AvgIpc) is 2.03. The third-order valence-corrected chi connectivity index (χ3v) is 2.13. The highest BCUT2D eigenvalue weighted by atomic mass is 32.2. The molecule has 13 heavy (non-hydrogen) atoms. The Bertz CT molecular complexity index is 311. The lowest BCUT2D eigenvalue weighted by molar-refractivity contribution is 0.942. The largest absolute Gasteiger partial charge is 0.382 e. The standard InChI is InChI=1S/C8H12N4S/c1-5(2)13-8-11-4-3-6(12-8)7(9)10/h3-5H,1-2H3,(H3,9,10). The van der Waals surface area contributed by atoms with E-state index in [9.17, 15) is 0 Å². The summed E-state index contributed by atoms with van der Waals surface area (Å²) in [6, 6.07) is 1.63. The molecular formula is C8H12N4S. The van der Waals surface area contributed by atoms with Gasteiger partial charge in [0.05, 0.1) is 0 Å². The molecule has 0 radical (unpaired) electrons. The van der Waals surface area contributed by atoms with Crippen LogP contribution in [0.1, 0.15) is 19.5 Å². The van der Waals surface area contributed by atoms with Gasteiger partial charge in [-0.3, -0.25) is 5.41 Å². The normalized spacial score (nSPS) is 10.4. The van der Waals surface area contributed by atoms with E-state index in [1.54, 1.807) is 24.0 Å². The second kappa shape index (κ2) is 4.23. The molecule has 0 fully saturated rings. The molecule has 1 heterocycles. The van der Waals surface area contributed by atoms with Crippen LogP contribution in [0.5, 0.6) is 0 Å². The van der Waals surface area contributed by atoms with Gasteiger partial charge in [0.2, 0.25) is 0 Å². The Morgan fingerprint density at radius 1 is 1.62 bits per heavy atom. The van der Waals surface area contributed by atoms with Crippen molar-refractivity contribution in [2.45, 2.75) is 24.3 Å². The molecule has 3 N–H and O–H groups in total. The monoisotopic (exact) mass is 196 g/mol. The number of hydrogen-bond acceptors (Lipinski definition) is 4. The summed E-state index contributed by atoms with van der Waals surface area (Å²) in [7, 11) is 0. The third kappa shape index (κ3) is 3.02. The molecule has 0 aromatic carbocycles. The molecule has 0 atom stereocenters. The van der Waals surface area contributed by atoms with Crippen LogP contribution in [0.25, 0.3) is 0 Å². The minimum Gasteiger partial charge on any atom is -0.382 e. The molecule has 0 aliphatic rings. The molecule has 0 saturated heterocycles. The van der Waals surface area contributed by atoms with Gasteiger partial charge in [-0.25, -0.2) is 9.97 Å². The molecule has 70 valence electrons. The van der Waals surface area contributed by atoms with Gasteiger partial charge in [-0.2, -0.15) is 0 Å². The molecule has 5 heteroatoms. The van der Waals surface area contributed by atoms with Gasteiger partial charge in [0.15, 0.2) is 5.16 Å². The summed E-state index contributed by atoms with van der Waals surface area (Å²) in [5.74, 6) is -0.0204. The van der Waals surface area contributed by atoms with Crippen LogP contribution in [0.4, 0.5) is 0 Å². The summed E-state index contributed by atoms with van der Waals surface area (Å²) in [6.45, 7) is 4.13. The second-order valence-corrected chi connectivity index (χ2v) is 4.35. The number of thioether (sulfide) groups is 1. The summed E-state index contributed by atoms with van der Waals surface area (Å²) in [5.41, 5.74) is 5.78. The molecule has 0 saturated carbocycles. The predicted molar refractivity (Wildman–Crippen MR) is 54.0 cm³/mol. The zero-order valence-corrected chi connectivity index (χ0v) is 8.43. The predicted octanol–water partition coefficient (Wildman–Crippen LogP) is 1.26. The minimum atomic E-state index is -0.0204. The van der Waals surface area contributed by atoms with E-state index in [0.717, 1.165) is 0 Å². The maximum absolute atomic E-state index is 7.19. The average molecular weight is 196 g/mol. The van der Waals surface area contributed by atoms with Crippen LogP contribution >= 0.6 is 11.8 Å². The lowest BCUT2D eigenvalue weighted by atomic mass is 10.4. The van der Waals surface area contributed by atoms with Crippen LogP contribution < -0.4 is 5.73 Å². The lowest BCUT2D eigenvalue weighted by Crippen LogP contribution is -2.13. The SMILES string of the molecule is CC(C)Sc1nccc(C(=N)N)n1. The van der Waals surface area contributed by atoms with Crippen LogP contribution in [-0.4, -0.2) is 21.1 Å². The van der Waals surface area contributed by atoms with Crippen LogP contribution in [0.3, 0.4) is 0 Å². The molecule has 0 aliphatic carbocycles. The maximum atomic E-state index is 7.19. The Balaban J connectivity index is 2.85. The summed E-state index contributed by atoms with van der Waals surface area (Å²) in [5, 5.41) is 8.29. The number of nitrogens with one attached hydrogen (secondary N) is 1. The molecule has 1 aromatic rings. The lowest BCUT2D eigenvalue weighted by Gasteiger charge is -2.03.